The maximum absolute atomic E-state index is 11.6. The molecule has 0 spiro atoms. The van der Waals surface area contributed by atoms with Gasteiger partial charge in [0.15, 0.2) is 5.82 Å². The van der Waals surface area contributed by atoms with E-state index in [1.807, 2.05) is 6.92 Å². The minimum Gasteiger partial charge on any atom is -0.338 e. The summed E-state index contributed by atoms with van der Waals surface area (Å²) in [5, 5.41) is 2.63. The summed E-state index contributed by atoms with van der Waals surface area (Å²) in [6.45, 7) is 1.82. The van der Waals surface area contributed by atoms with Crippen molar-refractivity contribution in [1.82, 2.24) is 15.3 Å². The fraction of sp³-hybridized carbons (Fsp3) is 0.200. The zero-order chi connectivity index (χ0) is 14.2. The predicted molar refractivity (Wildman–Crippen MR) is 70.2 cm³/mol. The van der Waals surface area contributed by atoms with E-state index in [0.717, 1.165) is 5.56 Å². The number of rotatable bonds is 3. The molecule has 0 radical (unpaired) electrons. The molecule has 1 aromatic heterocycles. The number of carbonyl (C=O) groups excluding carboxylic acids is 1. The molecule has 0 atom stereocenters. The van der Waals surface area contributed by atoms with E-state index in [1.54, 1.807) is 12.1 Å². The van der Waals surface area contributed by atoms with E-state index in [-0.39, 0.29) is 5.82 Å². The van der Waals surface area contributed by atoms with Crippen LogP contribution < -0.4 is 5.32 Å². The zero-order valence-electron chi connectivity index (χ0n) is 9.85. The summed E-state index contributed by atoms with van der Waals surface area (Å²) in [6, 6.07) is 3.35. The Morgan fingerprint density at radius 2 is 2.21 bits per heavy atom. The third kappa shape index (κ3) is 3.33. The molecule has 102 valence electrons. The highest BCUT2D eigenvalue weighted by Crippen LogP contribution is 2.32. The summed E-state index contributed by atoms with van der Waals surface area (Å²) in [6.07, 6.45) is -0.733. The number of amides is 1. The van der Waals surface area contributed by atoms with Crippen LogP contribution in [0.15, 0.2) is 12.1 Å². The van der Waals surface area contributed by atoms with Crippen LogP contribution in [0.5, 0.6) is 0 Å². The number of hydrogen-bond acceptors (Lipinski definition) is 3. The molecule has 7 nitrogen and oxygen atoms in total. The van der Waals surface area contributed by atoms with Gasteiger partial charge in [0.05, 0.1) is 11.0 Å². The zero-order valence-corrected chi connectivity index (χ0v) is 11.5. The Morgan fingerprint density at radius 1 is 1.53 bits per heavy atom. The molecule has 0 aliphatic rings. The third-order valence-corrected chi connectivity index (χ3v) is 3.40. The third-order valence-electron chi connectivity index (χ3n) is 2.42. The van der Waals surface area contributed by atoms with Crippen molar-refractivity contribution in [2.24, 2.45) is 0 Å². The molecule has 0 bridgehead atoms. The average molecular weight is 304 g/mol. The van der Waals surface area contributed by atoms with Gasteiger partial charge in [-0.15, -0.1) is 0 Å². The highest BCUT2D eigenvalue weighted by Gasteiger charge is 2.17. The number of nitrogens with one attached hydrogen (secondary N) is 2. The van der Waals surface area contributed by atoms with Crippen LogP contribution in [-0.4, -0.2) is 31.9 Å². The van der Waals surface area contributed by atoms with Crippen molar-refractivity contribution >= 4 is 36.1 Å². The minimum atomic E-state index is -4.28. The molecular formula is C10H11ClN3O4P. The van der Waals surface area contributed by atoms with E-state index >= 15 is 0 Å². The van der Waals surface area contributed by atoms with Gasteiger partial charge in [-0.3, -0.25) is 9.36 Å². The average Bonchev–Trinajstić information content (AvgIpc) is 2.68. The normalized spacial score (nSPS) is 11.8. The van der Waals surface area contributed by atoms with E-state index in [1.165, 1.54) is 0 Å². The van der Waals surface area contributed by atoms with Crippen molar-refractivity contribution in [3.63, 3.8) is 0 Å². The Hall–Kier alpha value is -1.40. The molecule has 0 aliphatic carbocycles. The van der Waals surface area contributed by atoms with Crippen LogP contribution in [0.1, 0.15) is 16.2 Å². The Kier molecular flexibility index (Phi) is 3.64. The first-order valence-corrected chi connectivity index (χ1v) is 7.42. The highest BCUT2D eigenvalue weighted by molar-refractivity contribution is 7.51. The summed E-state index contributed by atoms with van der Waals surface area (Å²) >= 11 is 5.94. The van der Waals surface area contributed by atoms with Crippen molar-refractivity contribution in [3.8, 4) is 0 Å². The number of aryl methyl sites for hydroxylation is 1. The molecule has 0 saturated carbocycles. The predicted octanol–water partition coefficient (Wildman–Crippen LogP) is 1.39. The van der Waals surface area contributed by atoms with E-state index in [4.69, 9.17) is 21.4 Å². The Balaban J connectivity index is 2.26. The first-order valence-electron chi connectivity index (χ1n) is 5.25. The van der Waals surface area contributed by atoms with E-state index in [2.05, 4.69) is 15.3 Å². The number of aromatic nitrogens is 2. The molecule has 1 amide bonds. The first-order chi connectivity index (χ1) is 8.76. The standard InChI is InChI=1S/C10H11ClN3O4P/c1-5-2-7-8(3-6(5)11)14-9(13-7)10(15)12-4-19(16,17)18/h2-3H,4H2,1H3,(H,12,15)(H,13,14)(H2,16,17,18). The Bertz CT molecular complexity index is 654. The lowest BCUT2D eigenvalue weighted by Gasteiger charge is -2.03. The fourth-order valence-electron chi connectivity index (χ4n) is 1.51. The summed E-state index contributed by atoms with van der Waals surface area (Å²) in [5.74, 6) is -0.710. The second-order valence-electron chi connectivity index (χ2n) is 4.03. The SMILES string of the molecule is Cc1cc2[nH]c(C(=O)NCP(=O)(O)O)nc2cc1Cl. The minimum absolute atomic E-state index is 0.0230. The summed E-state index contributed by atoms with van der Waals surface area (Å²) in [5.41, 5.74) is 1.97. The van der Waals surface area contributed by atoms with E-state index in [9.17, 15) is 9.36 Å². The van der Waals surface area contributed by atoms with Gasteiger partial charge in [0.1, 0.15) is 6.29 Å². The van der Waals surface area contributed by atoms with Gasteiger partial charge in [0.2, 0.25) is 0 Å². The largest absolute Gasteiger partial charge is 0.344 e. The van der Waals surface area contributed by atoms with Gasteiger partial charge in [-0.2, -0.15) is 0 Å². The van der Waals surface area contributed by atoms with Gasteiger partial charge >= 0.3 is 7.60 Å². The summed E-state index contributed by atoms with van der Waals surface area (Å²) in [7, 11) is -4.28. The molecule has 0 fully saturated rings. The van der Waals surface area contributed by atoms with Crippen molar-refractivity contribution in [1.29, 1.82) is 0 Å². The molecule has 0 unspecified atom stereocenters. The number of imidazole rings is 1. The van der Waals surface area contributed by atoms with Gasteiger partial charge in [-0.1, -0.05) is 11.6 Å². The number of benzene rings is 1. The molecule has 19 heavy (non-hydrogen) atoms. The number of hydrogen-bond donors (Lipinski definition) is 4. The topological polar surface area (TPSA) is 115 Å². The van der Waals surface area contributed by atoms with Crippen LogP contribution in [0.2, 0.25) is 5.02 Å². The first kappa shape index (κ1) is 14.0. The fourth-order valence-corrected chi connectivity index (χ4v) is 2.01. The van der Waals surface area contributed by atoms with E-state index < -0.39 is 19.8 Å². The quantitative estimate of drug-likeness (QED) is 0.640. The second-order valence-corrected chi connectivity index (χ2v) is 6.09. The summed E-state index contributed by atoms with van der Waals surface area (Å²) in [4.78, 5) is 35.8. The number of aromatic amines is 1. The number of nitrogens with zero attached hydrogens (tertiary/aromatic N) is 1. The van der Waals surface area contributed by atoms with Gasteiger partial charge in [0.25, 0.3) is 5.91 Å². The molecule has 1 aromatic carbocycles. The maximum Gasteiger partial charge on any atom is 0.344 e. The van der Waals surface area contributed by atoms with Crippen LogP contribution in [0.4, 0.5) is 0 Å². The van der Waals surface area contributed by atoms with Crippen LogP contribution in [-0.2, 0) is 4.57 Å². The van der Waals surface area contributed by atoms with Crippen LogP contribution in [0.25, 0.3) is 11.0 Å². The molecule has 9 heteroatoms. The second kappa shape index (κ2) is 4.94. The van der Waals surface area contributed by atoms with E-state index in [0.29, 0.717) is 16.1 Å². The highest BCUT2D eigenvalue weighted by atomic mass is 35.5. The molecule has 0 saturated heterocycles. The summed E-state index contributed by atoms with van der Waals surface area (Å²) < 4.78 is 10.7. The maximum atomic E-state index is 11.6. The van der Waals surface area contributed by atoms with Gasteiger partial charge in [-0.05, 0) is 24.6 Å². The lowest BCUT2D eigenvalue weighted by Crippen LogP contribution is -2.25. The number of H-pyrrole nitrogens is 1. The smallest absolute Gasteiger partial charge is 0.338 e. The molecule has 2 rings (SSSR count). The van der Waals surface area contributed by atoms with Gasteiger partial charge < -0.3 is 20.1 Å². The molecule has 0 aliphatic heterocycles. The Morgan fingerprint density at radius 3 is 2.84 bits per heavy atom. The van der Waals surface area contributed by atoms with Crippen LogP contribution >= 0.6 is 19.2 Å². The number of fused-ring (bicyclic) bond motifs is 1. The molecule has 1 heterocycles. The number of halogens is 1. The van der Waals surface area contributed by atoms with Crippen molar-refractivity contribution in [3.05, 3.63) is 28.5 Å². The van der Waals surface area contributed by atoms with Crippen LogP contribution in [0.3, 0.4) is 0 Å². The number of carbonyl (C=O) groups is 1. The molecular weight excluding hydrogens is 293 g/mol. The van der Waals surface area contributed by atoms with Crippen molar-refractivity contribution < 1.29 is 19.1 Å². The molecule has 4 N–H and O–H groups in total. The van der Waals surface area contributed by atoms with Gasteiger partial charge in [-0.25, -0.2) is 4.98 Å². The lowest BCUT2D eigenvalue weighted by molar-refractivity contribution is 0.0948. The lowest BCUT2D eigenvalue weighted by atomic mass is 10.2. The monoisotopic (exact) mass is 303 g/mol. The Labute approximate surface area is 113 Å². The van der Waals surface area contributed by atoms with Crippen LogP contribution in [0, 0.1) is 6.92 Å². The van der Waals surface area contributed by atoms with Gasteiger partial charge in [0, 0.05) is 5.02 Å². The van der Waals surface area contributed by atoms with Crippen molar-refractivity contribution in [2.75, 3.05) is 6.29 Å². The molecule has 2 aromatic rings. The van der Waals surface area contributed by atoms with Crippen molar-refractivity contribution in [2.45, 2.75) is 6.92 Å².